The maximum Gasteiger partial charge on any atom is 0.261 e. The third kappa shape index (κ3) is 2.31. The SMILES string of the molecule is CC(O)Cn1c(=O)c2cc3c(=O)n(CC(C)O)c(=O)c3cc2c1=O. The van der Waals surface area contributed by atoms with Crippen LogP contribution in [0.3, 0.4) is 0 Å². The molecule has 126 valence electrons. The molecular weight excluding hydrogens is 316 g/mol. The van der Waals surface area contributed by atoms with Crippen molar-refractivity contribution in [2.24, 2.45) is 0 Å². The van der Waals surface area contributed by atoms with E-state index in [1.807, 2.05) is 0 Å². The Hall–Kier alpha value is -2.58. The third-order valence-electron chi connectivity index (χ3n) is 3.95. The predicted octanol–water partition coefficient (Wildman–Crippen LogP) is -1.33. The molecule has 3 aromatic rings. The third-order valence-corrected chi connectivity index (χ3v) is 3.95. The van der Waals surface area contributed by atoms with Crippen LogP contribution in [0, 0.1) is 0 Å². The van der Waals surface area contributed by atoms with Crippen LogP contribution in [0.1, 0.15) is 13.8 Å². The second-order valence-corrected chi connectivity index (χ2v) is 6.08. The minimum absolute atomic E-state index is 0.0412. The van der Waals surface area contributed by atoms with Crippen LogP contribution in [-0.4, -0.2) is 31.6 Å². The molecule has 0 aliphatic rings. The molecule has 0 spiro atoms. The highest BCUT2D eigenvalue weighted by molar-refractivity contribution is 5.97. The van der Waals surface area contributed by atoms with Crippen LogP contribution in [0.25, 0.3) is 21.5 Å². The summed E-state index contributed by atoms with van der Waals surface area (Å²) in [5, 5.41) is 19.0. The lowest BCUT2D eigenvalue weighted by Crippen LogP contribution is -2.30. The summed E-state index contributed by atoms with van der Waals surface area (Å²) in [4.78, 5) is 49.3. The van der Waals surface area contributed by atoms with Crippen molar-refractivity contribution in [3.05, 3.63) is 53.5 Å². The van der Waals surface area contributed by atoms with Crippen molar-refractivity contribution >= 4 is 21.5 Å². The summed E-state index contributed by atoms with van der Waals surface area (Å²) in [6, 6.07) is 2.49. The Kier molecular flexibility index (Phi) is 3.73. The number of rotatable bonds is 4. The second-order valence-electron chi connectivity index (χ2n) is 6.08. The molecule has 0 amide bonds. The van der Waals surface area contributed by atoms with Gasteiger partial charge in [0.15, 0.2) is 0 Å². The van der Waals surface area contributed by atoms with Crippen LogP contribution in [-0.2, 0) is 13.1 Å². The molecule has 0 saturated carbocycles. The lowest BCUT2D eigenvalue weighted by molar-refractivity contribution is 0.171. The molecule has 2 aromatic heterocycles. The molecule has 24 heavy (non-hydrogen) atoms. The van der Waals surface area contributed by atoms with Crippen molar-refractivity contribution < 1.29 is 10.2 Å². The van der Waals surface area contributed by atoms with Gasteiger partial charge in [0.1, 0.15) is 0 Å². The van der Waals surface area contributed by atoms with Gasteiger partial charge < -0.3 is 10.2 Å². The molecule has 8 nitrogen and oxygen atoms in total. The Morgan fingerprint density at radius 2 is 0.958 bits per heavy atom. The average Bonchev–Trinajstić information content (AvgIpc) is 2.86. The molecule has 1 aromatic carbocycles. The standard InChI is InChI=1S/C16H16N2O6/c1-7(19)5-17-13(21)9-3-11-12(4-10(9)14(17)22)16(24)18(15(11)23)6-8(2)20/h3-4,7-8,19-20H,5-6H2,1-2H3. The van der Waals surface area contributed by atoms with Gasteiger partial charge in [0.05, 0.1) is 46.8 Å². The van der Waals surface area contributed by atoms with Gasteiger partial charge in [-0.05, 0) is 26.0 Å². The first-order chi connectivity index (χ1) is 11.2. The smallest absolute Gasteiger partial charge is 0.261 e. The van der Waals surface area contributed by atoms with E-state index in [0.717, 1.165) is 9.13 Å². The Balaban J connectivity index is 2.38. The lowest BCUT2D eigenvalue weighted by atomic mass is 10.1. The molecule has 0 aliphatic carbocycles. The molecule has 2 heterocycles. The molecule has 0 aliphatic heterocycles. The minimum atomic E-state index is -0.885. The molecule has 2 N–H and O–H groups in total. The number of nitrogens with zero attached hydrogens (tertiary/aromatic N) is 2. The summed E-state index contributed by atoms with van der Waals surface area (Å²) in [6.07, 6.45) is -1.77. The summed E-state index contributed by atoms with van der Waals surface area (Å²) >= 11 is 0. The highest BCUT2D eigenvalue weighted by Crippen LogP contribution is 2.14. The van der Waals surface area contributed by atoms with E-state index < -0.39 is 34.4 Å². The molecule has 3 rings (SSSR count). The van der Waals surface area contributed by atoms with E-state index in [9.17, 15) is 29.4 Å². The number of aliphatic hydroxyl groups excluding tert-OH is 2. The van der Waals surface area contributed by atoms with E-state index in [4.69, 9.17) is 0 Å². The number of aromatic nitrogens is 2. The van der Waals surface area contributed by atoms with E-state index >= 15 is 0 Å². The van der Waals surface area contributed by atoms with E-state index in [-0.39, 0.29) is 34.6 Å². The topological polar surface area (TPSA) is 119 Å². The van der Waals surface area contributed by atoms with Gasteiger partial charge in [-0.25, -0.2) is 0 Å². The van der Waals surface area contributed by atoms with Gasteiger partial charge in [0.2, 0.25) is 0 Å². The fraction of sp³-hybridized carbons (Fsp3) is 0.375. The summed E-state index contributed by atoms with van der Waals surface area (Å²) in [5.74, 6) is 0. The highest BCUT2D eigenvalue weighted by Gasteiger charge is 2.20. The zero-order valence-electron chi connectivity index (χ0n) is 13.1. The normalized spacial score (nSPS) is 14.5. The van der Waals surface area contributed by atoms with Gasteiger partial charge in [0.25, 0.3) is 22.2 Å². The average molecular weight is 332 g/mol. The Morgan fingerprint density at radius 3 is 1.17 bits per heavy atom. The number of aliphatic hydroxyl groups is 2. The van der Waals surface area contributed by atoms with Gasteiger partial charge >= 0.3 is 0 Å². The van der Waals surface area contributed by atoms with Gasteiger partial charge in [0, 0.05) is 0 Å². The zero-order valence-corrected chi connectivity index (χ0v) is 13.1. The molecule has 2 unspecified atom stereocenters. The molecule has 2 atom stereocenters. The van der Waals surface area contributed by atoms with E-state index in [1.165, 1.54) is 26.0 Å². The Bertz CT molecular complexity index is 975. The van der Waals surface area contributed by atoms with E-state index in [0.29, 0.717) is 0 Å². The van der Waals surface area contributed by atoms with Crippen molar-refractivity contribution in [3.63, 3.8) is 0 Å². The van der Waals surface area contributed by atoms with Crippen LogP contribution >= 0.6 is 0 Å². The van der Waals surface area contributed by atoms with Crippen LogP contribution in [0.15, 0.2) is 31.3 Å². The summed E-state index contributed by atoms with van der Waals surface area (Å²) in [6.45, 7) is 2.58. The van der Waals surface area contributed by atoms with Gasteiger partial charge in [-0.15, -0.1) is 0 Å². The summed E-state index contributed by atoms with van der Waals surface area (Å²) in [5.41, 5.74) is -2.42. The van der Waals surface area contributed by atoms with Crippen LogP contribution in [0.4, 0.5) is 0 Å². The lowest BCUT2D eigenvalue weighted by Gasteiger charge is -2.02. The molecule has 0 radical (unpaired) electrons. The predicted molar refractivity (Wildman–Crippen MR) is 88.2 cm³/mol. The second kappa shape index (κ2) is 5.50. The number of hydrogen-bond donors (Lipinski definition) is 2. The first kappa shape index (κ1) is 16.3. The Labute approximate surface area is 134 Å². The van der Waals surface area contributed by atoms with Crippen LogP contribution in [0.5, 0.6) is 0 Å². The van der Waals surface area contributed by atoms with Gasteiger partial charge in [-0.3, -0.25) is 28.3 Å². The van der Waals surface area contributed by atoms with Crippen molar-refractivity contribution in [3.8, 4) is 0 Å². The minimum Gasteiger partial charge on any atom is -0.392 e. The van der Waals surface area contributed by atoms with Gasteiger partial charge in [-0.2, -0.15) is 0 Å². The molecule has 8 heteroatoms. The number of benzene rings is 1. The molecule has 0 saturated heterocycles. The first-order valence-corrected chi connectivity index (χ1v) is 7.49. The molecular formula is C16H16N2O6. The Morgan fingerprint density at radius 1 is 0.708 bits per heavy atom. The summed E-state index contributed by atoms with van der Waals surface area (Å²) in [7, 11) is 0. The van der Waals surface area contributed by atoms with Crippen LogP contribution < -0.4 is 22.2 Å². The molecule has 0 bridgehead atoms. The highest BCUT2D eigenvalue weighted by atomic mass is 16.3. The first-order valence-electron chi connectivity index (χ1n) is 7.49. The van der Waals surface area contributed by atoms with Crippen molar-refractivity contribution in [1.82, 2.24) is 9.13 Å². The largest absolute Gasteiger partial charge is 0.392 e. The van der Waals surface area contributed by atoms with Gasteiger partial charge in [-0.1, -0.05) is 0 Å². The summed E-state index contributed by atoms with van der Waals surface area (Å²) < 4.78 is 1.79. The van der Waals surface area contributed by atoms with E-state index in [1.54, 1.807) is 0 Å². The maximum absolute atomic E-state index is 12.3. The van der Waals surface area contributed by atoms with Crippen LogP contribution in [0.2, 0.25) is 0 Å². The van der Waals surface area contributed by atoms with Crippen molar-refractivity contribution in [1.29, 1.82) is 0 Å². The van der Waals surface area contributed by atoms with Crippen molar-refractivity contribution in [2.45, 2.75) is 39.1 Å². The fourth-order valence-electron chi connectivity index (χ4n) is 2.93. The number of hydrogen-bond acceptors (Lipinski definition) is 6. The van der Waals surface area contributed by atoms with Crippen molar-refractivity contribution in [2.75, 3.05) is 0 Å². The maximum atomic E-state index is 12.3. The fourth-order valence-corrected chi connectivity index (χ4v) is 2.93. The molecule has 0 fully saturated rings. The zero-order chi connectivity index (χ0) is 17.8. The monoisotopic (exact) mass is 332 g/mol. The quantitative estimate of drug-likeness (QED) is 0.611. The van der Waals surface area contributed by atoms with E-state index in [2.05, 4.69) is 0 Å². The number of fused-ring (bicyclic) bond motifs is 2.